The van der Waals surface area contributed by atoms with Crippen molar-refractivity contribution in [1.82, 2.24) is 0 Å². The summed E-state index contributed by atoms with van der Waals surface area (Å²) in [6.45, 7) is -1.04. The van der Waals surface area contributed by atoms with E-state index in [-0.39, 0.29) is 0 Å². The third kappa shape index (κ3) is 8.44. The SMILES string of the molecule is O=S(=O)(O)OCC#Cc1cscc1C#CCOS(=O)(=O)O. The van der Waals surface area contributed by atoms with Gasteiger partial charge in [-0.05, 0) is 0 Å². The normalized spacial score (nSPS) is 11.1. The molecule has 0 fully saturated rings. The molecule has 0 saturated carbocycles. The summed E-state index contributed by atoms with van der Waals surface area (Å²) in [4.78, 5) is 0. The van der Waals surface area contributed by atoms with Crippen molar-refractivity contribution in [2.75, 3.05) is 13.2 Å². The summed E-state index contributed by atoms with van der Waals surface area (Å²) in [5.74, 6) is 9.86. The third-order valence-corrected chi connectivity index (χ3v) is 3.24. The summed E-state index contributed by atoms with van der Waals surface area (Å²) in [7, 11) is -9.06. The van der Waals surface area contributed by atoms with Crippen molar-refractivity contribution < 1.29 is 34.3 Å². The maximum absolute atomic E-state index is 10.3. The van der Waals surface area contributed by atoms with Gasteiger partial charge in [-0.3, -0.25) is 9.11 Å². The zero-order chi connectivity index (χ0) is 15.9. The Hall–Kier alpha value is -1.44. The van der Waals surface area contributed by atoms with Crippen LogP contribution in [-0.4, -0.2) is 39.2 Å². The van der Waals surface area contributed by atoms with Crippen LogP contribution < -0.4 is 0 Å². The second kappa shape index (κ2) is 7.53. The first-order valence-corrected chi connectivity index (χ1v) is 8.62. The lowest BCUT2D eigenvalue weighted by molar-refractivity contribution is 0.299. The Morgan fingerprint density at radius 3 is 1.62 bits per heavy atom. The molecule has 11 heteroatoms. The fraction of sp³-hybridized carbons (Fsp3) is 0.200. The van der Waals surface area contributed by atoms with Gasteiger partial charge >= 0.3 is 20.8 Å². The zero-order valence-electron chi connectivity index (χ0n) is 10.1. The van der Waals surface area contributed by atoms with Gasteiger partial charge in [0.15, 0.2) is 0 Å². The summed E-state index contributed by atoms with van der Waals surface area (Å²) in [6, 6.07) is 0. The lowest BCUT2D eigenvalue weighted by Gasteiger charge is -1.91. The van der Waals surface area contributed by atoms with Gasteiger partial charge in [-0.25, -0.2) is 8.37 Å². The highest BCUT2D eigenvalue weighted by Crippen LogP contribution is 2.12. The number of rotatable bonds is 4. The highest BCUT2D eigenvalue weighted by atomic mass is 32.3. The van der Waals surface area contributed by atoms with Crippen molar-refractivity contribution in [3.8, 4) is 23.7 Å². The van der Waals surface area contributed by atoms with Gasteiger partial charge in [0.05, 0.1) is 11.1 Å². The second-order valence-corrected chi connectivity index (χ2v) is 6.11. The van der Waals surface area contributed by atoms with E-state index in [4.69, 9.17) is 9.11 Å². The zero-order valence-corrected chi connectivity index (χ0v) is 12.6. The predicted octanol–water partition coefficient (Wildman–Crippen LogP) is 0.0899. The van der Waals surface area contributed by atoms with Gasteiger partial charge in [0, 0.05) is 10.8 Å². The molecule has 0 amide bonds. The molecular weight excluding hydrogens is 344 g/mol. The van der Waals surface area contributed by atoms with Gasteiger partial charge < -0.3 is 0 Å². The van der Waals surface area contributed by atoms with Crippen LogP contribution in [0.4, 0.5) is 0 Å². The Morgan fingerprint density at radius 2 is 1.29 bits per heavy atom. The molecule has 8 nitrogen and oxygen atoms in total. The van der Waals surface area contributed by atoms with Crippen molar-refractivity contribution in [1.29, 1.82) is 0 Å². The molecule has 1 heterocycles. The Bertz CT molecular complexity index is 742. The van der Waals surface area contributed by atoms with E-state index in [0.29, 0.717) is 11.1 Å². The first-order chi connectivity index (χ1) is 9.67. The minimum atomic E-state index is -4.53. The van der Waals surface area contributed by atoms with E-state index >= 15 is 0 Å². The Labute approximate surface area is 125 Å². The molecule has 0 saturated heterocycles. The smallest absolute Gasteiger partial charge is 0.264 e. The Balaban J connectivity index is 2.66. The highest BCUT2D eigenvalue weighted by molar-refractivity contribution is 7.81. The standard InChI is InChI=1S/C10H8O8S3/c11-20(12,13)17-5-1-3-9-7-19-8-10(9)4-2-6-18-21(14,15)16/h7-8H,5-6H2,(H,11,12,13)(H,14,15,16). The van der Waals surface area contributed by atoms with E-state index in [1.807, 2.05) is 0 Å². The van der Waals surface area contributed by atoms with Crippen molar-refractivity contribution in [2.24, 2.45) is 0 Å². The Morgan fingerprint density at radius 1 is 0.905 bits per heavy atom. The van der Waals surface area contributed by atoms with Crippen molar-refractivity contribution in [3.63, 3.8) is 0 Å². The minimum Gasteiger partial charge on any atom is -0.264 e. The summed E-state index contributed by atoms with van der Waals surface area (Å²) >= 11 is 1.27. The highest BCUT2D eigenvalue weighted by Gasteiger charge is 2.02. The molecular formula is C10H8O8S3. The molecule has 0 bridgehead atoms. The van der Waals surface area contributed by atoms with Crippen LogP contribution in [0.15, 0.2) is 10.8 Å². The molecule has 21 heavy (non-hydrogen) atoms. The summed E-state index contributed by atoms with van der Waals surface area (Å²) in [5.41, 5.74) is 0.941. The number of thiophene rings is 1. The quantitative estimate of drug-likeness (QED) is 0.576. The summed E-state index contributed by atoms with van der Waals surface area (Å²) < 4.78 is 65.8. The van der Waals surface area contributed by atoms with Crippen molar-refractivity contribution >= 4 is 32.1 Å². The van der Waals surface area contributed by atoms with Crippen LogP contribution in [-0.2, 0) is 29.2 Å². The topological polar surface area (TPSA) is 127 Å². The summed E-state index contributed by atoms with van der Waals surface area (Å²) in [6.07, 6.45) is 0. The molecule has 0 unspecified atom stereocenters. The van der Waals surface area contributed by atoms with Crippen LogP contribution in [0.3, 0.4) is 0 Å². The molecule has 114 valence electrons. The average Bonchev–Trinajstić information content (AvgIpc) is 2.75. The molecule has 0 aliphatic rings. The molecule has 0 radical (unpaired) electrons. The third-order valence-electron chi connectivity index (χ3n) is 1.67. The largest absolute Gasteiger partial charge is 0.398 e. The van der Waals surface area contributed by atoms with Gasteiger partial charge in [-0.15, -0.1) is 11.3 Å². The second-order valence-electron chi connectivity index (χ2n) is 3.18. The first-order valence-electron chi connectivity index (χ1n) is 4.95. The fourth-order valence-electron chi connectivity index (χ4n) is 0.961. The monoisotopic (exact) mass is 352 g/mol. The van der Waals surface area contributed by atoms with E-state index in [1.165, 1.54) is 11.3 Å². The Kier molecular flexibility index (Phi) is 6.32. The predicted molar refractivity (Wildman–Crippen MR) is 73.1 cm³/mol. The molecule has 1 aromatic heterocycles. The van der Waals surface area contributed by atoms with Crippen LogP contribution in [0.2, 0.25) is 0 Å². The lowest BCUT2D eigenvalue weighted by atomic mass is 10.2. The average molecular weight is 352 g/mol. The number of hydrogen-bond donors (Lipinski definition) is 2. The van der Waals surface area contributed by atoms with E-state index in [9.17, 15) is 16.8 Å². The van der Waals surface area contributed by atoms with Gasteiger partial charge in [0.25, 0.3) is 0 Å². The summed E-state index contributed by atoms with van der Waals surface area (Å²) in [5, 5.41) is 3.27. The lowest BCUT2D eigenvalue weighted by Crippen LogP contribution is -2.03. The van der Waals surface area contributed by atoms with Gasteiger partial charge in [-0.2, -0.15) is 16.8 Å². The molecule has 0 atom stereocenters. The van der Waals surface area contributed by atoms with Crippen molar-refractivity contribution in [2.45, 2.75) is 0 Å². The van der Waals surface area contributed by atoms with E-state index < -0.39 is 34.0 Å². The number of hydrogen-bond acceptors (Lipinski definition) is 7. The maximum atomic E-state index is 10.3. The van der Waals surface area contributed by atoms with Crippen LogP contribution in [0.5, 0.6) is 0 Å². The van der Waals surface area contributed by atoms with Gasteiger partial charge in [-0.1, -0.05) is 23.7 Å². The van der Waals surface area contributed by atoms with Crippen LogP contribution in [0, 0.1) is 23.7 Å². The minimum absolute atomic E-state index is 0.471. The van der Waals surface area contributed by atoms with Crippen LogP contribution in [0.1, 0.15) is 11.1 Å². The fourth-order valence-corrected chi connectivity index (χ4v) is 2.09. The van der Waals surface area contributed by atoms with E-state index in [2.05, 4.69) is 32.0 Å². The molecule has 0 aliphatic carbocycles. The van der Waals surface area contributed by atoms with Gasteiger partial charge in [0.2, 0.25) is 0 Å². The molecule has 0 aliphatic heterocycles. The molecule has 1 aromatic rings. The maximum Gasteiger partial charge on any atom is 0.398 e. The van der Waals surface area contributed by atoms with Crippen LogP contribution >= 0.6 is 11.3 Å². The van der Waals surface area contributed by atoms with E-state index in [0.717, 1.165) is 0 Å². The van der Waals surface area contributed by atoms with Crippen LogP contribution in [0.25, 0.3) is 0 Å². The first kappa shape index (κ1) is 17.6. The molecule has 1 rings (SSSR count). The van der Waals surface area contributed by atoms with Crippen molar-refractivity contribution in [3.05, 3.63) is 21.9 Å². The van der Waals surface area contributed by atoms with E-state index in [1.54, 1.807) is 10.8 Å². The molecule has 0 aromatic carbocycles. The molecule has 0 spiro atoms. The van der Waals surface area contributed by atoms with Gasteiger partial charge in [0.1, 0.15) is 13.2 Å². The molecule has 2 N–H and O–H groups in total.